The molecule has 2 fully saturated rings. The summed E-state index contributed by atoms with van der Waals surface area (Å²) >= 11 is 5.97. The summed E-state index contributed by atoms with van der Waals surface area (Å²) in [6, 6.07) is 10.4. The van der Waals surface area contributed by atoms with Gasteiger partial charge in [-0.2, -0.15) is 0 Å². The lowest BCUT2D eigenvalue weighted by Crippen LogP contribution is -2.63. The van der Waals surface area contributed by atoms with Gasteiger partial charge in [0.2, 0.25) is 5.91 Å². The number of nitrogens with zero attached hydrogens (tertiary/aromatic N) is 1. The van der Waals surface area contributed by atoms with Crippen molar-refractivity contribution in [1.29, 1.82) is 0 Å². The molecule has 1 aromatic carbocycles. The fourth-order valence-electron chi connectivity index (χ4n) is 2.91. The molecule has 2 aliphatic rings. The monoisotopic (exact) mass is 250 g/mol. The molecule has 1 aromatic rings. The van der Waals surface area contributed by atoms with Crippen molar-refractivity contribution in [3.05, 3.63) is 35.9 Å². The quantitative estimate of drug-likeness (QED) is 0.612. The zero-order valence-electron chi connectivity index (χ0n) is 9.53. The molecule has 2 aliphatic heterocycles. The fourth-order valence-corrected chi connectivity index (χ4v) is 3.08. The molecule has 0 bridgehead atoms. The van der Waals surface area contributed by atoms with E-state index in [9.17, 15) is 4.79 Å². The highest BCUT2D eigenvalue weighted by Gasteiger charge is 2.56. The maximum Gasteiger partial charge on any atom is 0.229 e. The lowest BCUT2D eigenvalue weighted by molar-refractivity contribution is -0.150. The van der Waals surface area contributed by atoms with Crippen LogP contribution in [0.15, 0.2) is 30.3 Å². The van der Waals surface area contributed by atoms with E-state index in [2.05, 4.69) is 17.4 Å². The Bertz CT molecular complexity index is 426. The molecule has 17 heavy (non-hydrogen) atoms. The Hall–Kier alpha value is -1.06. The normalized spacial score (nSPS) is 27.6. The molecule has 0 radical (unpaired) electrons. The summed E-state index contributed by atoms with van der Waals surface area (Å²) in [5.41, 5.74) is 0.988. The van der Waals surface area contributed by atoms with Crippen molar-refractivity contribution in [2.45, 2.75) is 18.9 Å². The molecule has 0 saturated carbocycles. The van der Waals surface area contributed by atoms with Crippen LogP contribution in [-0.4, -0.2) is 23.4 Å². The molecule has 3 nitrogen and oxygen atoms in total. The predicted octanol–water partition coefficient (Wildman–Crippen LogP) is 2.09. The van der Waals surface area contributed by atoms with Crippen LogP contribution in [-0.2, 0) is 4.79 Å². The Morgan fingerprint density at radius 1 is 1.24 bits per heavy atom. The van der Waals surface area contributed by atoms with Crippen LogP contribution in [0.1, 0.15) is 24.4 Å². The Labute approximate surface area is 106 Å². The van der Waals surface area contributed by atoms with E-state index in [1.807, 2.05) is 18.2 Å². The summed E-state index contributed by atoms with van der Waals surface area (Å²) in [6.45, 7) is 1.58. The molecule has 2 heterocycles. The molecule has 2 saturated heterocycles. The van der Waals surface area contributed by atoms with Gasteiger partial charge < -0.3 is 5.32 Å². The van der Waals surface area contributed by atoms with Gasteiger partial charge in [0.25, 0.3) is 0 Å². The smallest absolute Gasteiger partial charge is 0.229 e. The SMILES string of the molecule is O=C1NC(c2ccccc2)C12CCN(Cl)CC2. The molecule has 1 spiro atoms. The van der Waals surface area contributed by atoms with Crippen molar-refractivity contribution >= 4 is 17.7 Å². The van der Waals surface area contributed by atoms with E-state index >= 15 is 0 Å². The van der Waals surface area contributed by atoms with E-state index in [0.717, 1.165) is 25.9 Å². The molecule has 1 atom stereocenters. The Morgan fingerprint density at radius 2 is 1.88 bits per heavy atom. The zero-order chi connectivity index (χ0) is 11.9. The second-order valence-electron chi connectivity index (χ2n) is 4.88. The number of amides is 1. The second-order valence-corrected chi connectivity index (χ2v) is 5.36. The van der Waals surface area contributed by atoms with Crippen LogP contribution in [0.2, 0.25) is 0 Å². The number of hydrogen-bond donors (Lipinski definition) is 1. The van der Waals surface area contributed by atoms with Gasteiger partial charge in [-0.15, -0.1) is 0 Å². The van der Waals surface area contributed by atoms with E-state index in [-0.39, 0.29) is 17.4 Å². The van der Waals surface area contributed by atoms with Crippen molar-refractivity contribution in [2.24, 2.45) is 5.41 Å². The minimum atomic E-state index is -0.216. The van der Waals surface area contributed by atoms with Crippen LogP contribution >= 0.6 is 11.8 Å². The van der Waals surface area contributed by atoms with Crippen molar-refractivity contribution in [3.8, 4) is 0 Å². The first-order chi connectivity index (χ1) is 8.22. The third kappa shape index (κ3) is 1.65. The lowest BCUT2D eigenvalue weighted by atomic mass is 9.64. The highest BCUT2D eigenvalue weighted by Crippen LogP contribution is 2.49. The van der Waals surface area contributed by atoms with Gasteiger partial charge in [0, 0.05) is 13.1 Å². The first-order valence-electron chi connectivity index (χ1n) is 5.99. The van der Waals surface area contributed by atoms with E-state index in [4.69, 9.17) is 11.8 Å². The number of nitrogens with one attached hydrogen (secondary N) is 1. The van der Waals surface area contributed by atoms with Gasteiger partial charge in [0.05, 0.1) is 11.5 Å². The van der Waals surface area contributed by atoms with Gasteiger partial charge in [0.1, 0.15) is 0 Å². The molecule has 1 amide bonds. The van der Waals surface area contributed by atoms with Crippen molar-refractivity contribution < 1.29 is 4.79 Å². The maximum absolute atomic E-state index is 11.9. The summed E-state index contributed by atoms with van der Waals surface area (Å²) in [7, 11) is 0. The summed E-state index contributed by atoms with van der Waals surface area (Å²) < 4.78 is 1.78. The topological polar surface area (TPSA) is 32.3 Å². The summed E-state index contributed by atoms with van der Waals surface area (Å²) in [4.78, 5) is 11.9. The van der Waals surface area contributed by atoms with Crippen LogP contribution in [0.3, 0.4) is 0 Å². The molecule has 0 aromatic heterocycles. The van der Waals surface area contributed by atoms with Crippen LogP contribution in [0.25, 0.3) is 0 Å². The molecule has 1 unspecified atom stereocenters. The first-order valence-corrected chi connectivity index (χ1v) is 6.33. The Balaban J connectivity index is 1.86. The number of piperidine rings is 1. The van der Waals surface area contributed by atoms with Gasteiger partial charge in [0.15, 0.2) is 0 Å². The number of rotatable bonds is 1. The molecule has 1 N–H and O–H groups in total. The molecule has 0 aliphatic carbocycles. The summed E-state index contributed by atoms with van der Waals surface area (Å²) in [5.74, 6) is 0.191. The number of benzene rings is 1. The first kappa shape index (κ1) is 11.1. The maximum atomic E-state index is 11.9. The van der Waals surface area contributed by atoms with Gasteiger partial charge in [-0.3, -0.25) is 4.79 Å². The number of hydrogen-bond acceptors (Lipinski definition) is 2. The minimum Gasteiger partial charge on any atom is -0.348 e. The van der Waals surface area contributed by atoms with Gasteiger partial charge in [-0.1, -0.05) is 30.3 Å². The van der Waals surface area contributed by atoms with E-state index < -0.39 is 0 Å². The average molecular weight is 251 g/mol. The number of carbonyl (C=O) groups is 1. The standard InChI is InChI=1S/C13H15ClN2O/c14-16-8-6-13(7-9-16)11(15-12(13)17)10-4-2-1-3-5-10/h1-5,11H,6-9H2,(H,15,17). The second kappa shape index (κ2) is 4.00. The number of carbonyl (C=O) groups excluding carboxylic acids is 1. The highest BCUT2D eigenvalue weighted by molar-refractivity contribution is 6.13. The average Bonchev–Trinajstić information content (AvgIpc) is 2.38. The lowest BCUT2D eigenvalue weighted by Gasteiger charge is -2.52. The van der Waals surface area contributed by atoms with Crippen LogP contribution in [0, 0.1) is 5.41 Å². The van der Waals surface area contributed by atoms with Crippen LogP contribution in [0.5, 0.6) is 0 Å². The van der Waals surface area contributed by atoms with E-state index in [1.165, 1.54) is 5.56 Å². The van der Waals surface area contributed by atoms with E-state index in [1.54, 1.807) is 4.42 Å². The molecule has 3 rings (SSSR count). The van der Waals surface area contributed by atoms with Gasteiger partial charge in [-0.05, 0) is 30.2 Å². The fraction of sp³-hybridized carbons (Fsp3) is 0.462. The van der Waals surface area contributed by atoms with Crippen LogP contribution in [0.4, 0.5) is 0 Å². The molecule has 90 valence electrons. The largest absolute Gasteiger partial charge is 0.348 e. The Kier molecular flexibility index (Phi) is 2.60. The van der Waals surface area contributed by atoms with Gasteiger partial charge in [-0.25, -0.2) is 4.42 Å². The number of β-lactam (4-membered cyclic amide) rings is 1. The summed E-state index contributed by atoms with van der Waals surface area (Å²) in [6.07, 6.45) is 1.70. The highest BCUT2D eigenvalue weighted by atomic mass is 35.5. The molecular weight excluding hydrogens is 236 g/mol. The van der Waals surface area contributed by atoms with Gasteiger partial charge >= 0.3 is 0 Å². The third-order valence-electron chi connectivity index (χ3n) is 4.01. The van der Waals surface area contributed by atoms with Crippen molar-refractivity contribution in [2.75, 3.05) is 13.1 Å². The molecule has 4 heteroatoms. The third-order valence-corrected chi connectivity index (χ3v) is 4.35. The molecular formula is C13H15ClN2O. The summed E-state index contributed by atoms with van der Waals surface area (Å²) in [5, 5.41) is 3.03. The van der Waals surface area contributed by atoms with Crippen LogP contribution < -0.4 is 5.32 Å². The van der Waals surface area contributed by atoms with Crippen molar-refractivity contribution in [3.63, 3.8) is 0 Å². The predicted molar refractivity (Wildman–Crippen MR) is 66.4 cm³/mol. The minimum absolute atomic E-state index is 0.168. The number of halogens is 1. The Morgan fingerprint density at radius 3 is 2.47 bits per heavy atom. The van der Waals surface area contributed by atoms with Crippen molar-refractivity contribution in [1.82, 2.24) is 9.74 Å². The zero-order valence-corrected chi connectivity index (χ0v) is 10.3. The van der Waals surface area contributed by atoms with E-state index in [0.29, 0.717) is 0 Å².